The summed E-state index contributed by atoms with van der Waals surface area (Å²) in [6.07, 6.45) is 4.85. The van der Waals surface area contributed by atoms with Gasteiger partial charge in [0.25, 0.3) is 5.91 Å². The number of halogens is 2. The first-order valence-electron chi connectivity index (χ1n) is 9.65. The van der Waals surface area contributed by atoms with Gasteiger partial charge in [-0.15, -0.1) is 0 Å². The Morgan fingerprint density at radius 2 is 1.90 bits per heavy atom. The molecule has 0 spiro atoms. The van der Waals surface area contributed by atoms with E-state index in [-0.39, 0.29) is 12.6 Å². The van der Waals surface area contributed by atoms with Crippen LogP contribution < -0.4 is 10.2 Å². The van der Waals surface area contributed by atoms with Gasteiger partial charge in [0.1, 0.15) is 5.82 Å². The molecule has 1 N–H and O–H groups in total. The van der Waals surface area contributed by atoms with Crippen molar-refractivity contribution in [3.8, 4) is 0 Å². The summed E-state index contributed by atoms with van der Waals surface area (Å²) in [6.45, 7) is 1.46. The zero-order chi connectivity index (χ0) is 21.8. The number of urea groups is 1. The van der Waals surface area contributed by atoms with Crippen molar-refractivity contribution in [1.82, 2.24) is 20.2 Å². The Hall–Kier alpha value is -3.88. The maximum atomic E-state index is 13.3. The molecule has 1 aliphatic rings. The maximum absolute atomic E-state index is 13.3. The van der Waals surface area contributed by atoms with Gasteiger partial charge in [0, 0.05) is 50.3 Å². The number of nitrogens with one attached hydrogen (secondary N) is 1. The molecule has 0 unspecified atom stereocenters. The quantitative estimate of drug-likeness (QED) is 0.661. The molecule has 3 amide bonds. The number of hydrogen-bond acceptors (Lipinski definition) is 4. The molecule has 0 bridgehead atoms. The molecule has 158 valence electrons. The number of benzene rings is 1. The van der Waals surface area contributed by atoms with Crippen molar-refractivity contribution >= 4 is 17.8 Å². The second-order valence-corrected chi connectivity index (χ2v) is 7.05. The number of nitrogens with zero attached hydrogens (tertiary/aromatic N) is 4. The van der Waals surface area contributed by atoms with Crippen molar-refractivity contribution in [2.75, 3.05) is 18.0 Å². The molecule has 9 heteroatoms. The molecule has 7 nitrogen and oxygen atoms in total. The lowest BCUT2D eigenvalue weighted by molar-refractivity contribution is 0.0950. The maximum Gasteiger partial charge on any atom is 0.326 e. The summed E-state index contributed by atoms with van der Waals surface area (Å²) in [5, 5.41) is 2.66. The monoisotopic (exact) mass is 423 g/mol. The van der Waals surface area contributed by atoms with Crippen LogP contribution in [0.1, 0.15) is 21.5 Å². The zero-order valence-electron chi connectivity index (χ0n) is 16.5. The lowest BCUT2D eigenvalue weighted by Gasteiger charge is -2.18. The third-order valence-electron chi connectivity index (χ3n) is 4.91. The highest BCUT2D eigenvalue weighted by molar-refractivity contribution is 5.97. The van der Waals surface area contributed by atoms with Crippen molar-refractivity contribution in [2.24, 2.45) is 0 Å². The molecule has 0 aliphatic carbocycles. The Kier molecular flexibility index (Phi) is 5.83. The smallest absolute Gasteiger partial charge is 0.326 e. The van der Waals surface area contributed by atoms with Crippen molar-refractivity contribution in [3.05, 3.63) is 89.4 Å². The molecule has 3 heterocycles. The molecule has 0 radical (unpaired) electrons. The lowest BCUT2D eigenvalue weighted by atomic mass is 10.2. The molecule has 0 atom stereocenters. The second kappa shape index (κ2) is 8.86. The Morgan fingerprint density at radius 1 is 1.03 bits per heavy atom. The first kappa shape index (κ1) is 20.4. The minimum atomic E-state index is -0.971. The van der Waals surface area contributed by atoms with Crippen LogP contribution in [-0.4, -0.2) is 39.9 Å². The summed E-state index contributed by atoms with van der Waals surface area (Å²) in [5.41, 5.74) is 1.67. The van der Waals surface area contributed by atoms with E-state index in [9.17, 15) is 18.4 Å². The van der Waals surface area contributed by atoms with Gasteiger partial charge in [-0.2, -0.15) is 0 Å². The third-order valence-corrected chi connectivity index (χ3v) is 4.91. The van der Waals surface area contributed by atoms with Crippen molar-refractivity contribution < 1.29 is 18.4 Å². The second-order valence-electron chi connectivity index (χ2n) is 7.05. The van der Waals surface area contributed by atoms with Crippen LogP contribution in [0.4, 0.5) is 19.4 Å². The van der Waals surface area contributed by atoms with Crippen LogP contribution in [0.5, 0.6) is 0 Å². The molecule has 1 aromatic carbocycles. The summed E-state index contributed by atoms with van der Waals surface area (Å²) >= 11 is 0. The van der Waals surface area contributed by atoms with Crippen LogP contribution in [0.25, 0.3) is 0 Å². The predicted molar refractivity (Wildman–Crippen MR) is 109 cm³/mol. The zero-order valence-corrected chi connectivity index (χ0v) is 16.5. The van der Waals surface area contributed by atoms with E-state index in [0.717, 1.165) is 17.7 Å². The highest BCUT2D eigenvalue weighted by Crippen LogP contribution is 2.20. The van der Waals surface area contributed by atoms with E-state index < -0.39 is 17.5 Å². The number of aromatic nitrogens is 2. The fourth-order valence-electron chi connectivity index (χ4n) is 3.30. The van der Waals surface area contributed by atoms with Gasteiger partial charge in [-0.3, -0.25) is 14.7 Å². The fraction of sp³-hybridized carbons (Fsp3) is 0.182. The average Bonchev–Trinajstić information content (AvgIpc) is 3.15. The van der Waals surface area contributed by atoms with E-state index in [1.165, 1.54) is 29.3 Å². The fourth-order valence-corrected chi connectivity index (χ4v) is 3.30. The van der Waals surface area contributed by atoms with E-state index in [1.807, 2.05) is 12.1 Å². The number of anilines is 1. The summed E-state index contributed by atoms with van der Waals surface area (Å²) < 4.78 is 26.3. The van der Waals surface area contributed by atoms with E-state index >= 15 is 0 Å². The van der Waals surface area contributed by atoms with Crippen molar-refractivity contribution in [2.45, 2.75) is 13.1 Å². The standard InChI is InChI=1S/C22H19F2N5O2/c23-18-4-3-15(10-19(18)24)13-27-21(30)17-5-7-26-20(11-17)29-9-8-28(22(29)31)14-16-2-1-6-25-12-16/h1-7,10-12H,8-9,13-14H2,(H,27,30). The number of amides is 3. The van der Waals surface area contributed by atoms with E-state index in [0.29, 0.717) is 36.6 Å². The molecular weight excluding hydrogens is 404 g/mol. The van der Waals surface area contributed by atoms with Crippen LogP contribution in [0.2, 0.25) is 0 Å². The molecule has 1 fully saturated rings. The molecule has 2 aromatic heterocycles. The molecular formula is C22H19F2N5O2. The summed E-state index contributed by atoms with van der Waals surface area (Å²) in [5.74, 6) is -1.95. The van der Waals surface area contributed by atoms with E-state index in [1.54, 1.807) is 17.3 Å². The largest absolute Gasteiger partial charge is 0.348 e. The highest BCUT2D eigenvalue weighted by atomic mass is 19.2. The molecule has 31 heavy (non-hydrogen) atoms. The minimum Gasteiger partial charge on any atom is -0.348 e. The number of pyridine rings is 2. The normalized spacial score (nSPS) is 13.5. The van der Waals surface area contributed by atoms with Crippen LogP contribution >= 0.6 is 0 Å². The summed E-state index contributed by atoms with van der Waals surface area (Å²) in [6, 6.07) is 10.0. The number of carbonyl (C=O) groups is 2. The SMILES string of the molecule is O=C(NCc1ccc(F)c(F)c1)c1ccnc(N2CCN(Cc3cccnc3)C2=O)c1. The van der Waals surface area contributed by atoms with Gasteiger partial charge in [0.05, 0.1) is 0 Å². The van der Waals surface area contributed by atoms with E-state index in [2.05, 4.69) is 15.3 Å². The minimum absolute atomic E-state index is 0.0369. The molecule has 4 rings (SSSR count). The highest BCUT2D eigenvalue weighted by Gasteiger charge is 2.30. The average molecular weight is 423 g/mol. The van der Waals surface area contributed by atoms with Gasteiger partial charge >= 0.3 is 6.03 Å². The van der Waals surface area contributed by atoms with Gasteiger partial charge in [-0.05, 0) is 41.5 Å². The number of rotatable bonds is 6. The van der Waals surface area contributed by atoms with Gasteiger partial charge in [-0.1, -0.05) is 12.1 Å². The van der Waals surface area contributed by atoms with Crippen LogP contribution in [0.3, 0.4) is 0 Å². The van der Waals surface area contributed by atoms with Crippen LogP contribution in [-0.2, 0) is 13.1 Å². The topological polar surface area (TPSA) is 78.4 Å². The summed E-state index contributed by atoms with van der Waals surface area (Å²) in [4.78, 5) is 36.8. The van der Waals surface area contributed by atoms with Crippen LogP contribution in [0, 0.1) is 11.6 Å². The van der Waals surface area contributed by atoms with Crippen molar-refractivity contribution in [3.63, 3.8) is 0 Å². The van der Waals surface area contributed by atoms with Gasteiger partial charge < -0.3 is 10.2 Å². The summed E-state index contributed by atoms with van der Waals surface area (Å²) in [7, 11) is 0. The van der Waals surface area contributed by atoms with Crippen LogP contribution in [0.15, 0.2) is 61.1 Å². The predicted octanol–water partition coefficient (Wildman–Crippen LogP) is 3.13. The lowest BCUT2D eigenvalue weighted by Crippen LogP contribution is -2.32. The Bertz CT molecular complexity index is 1110. The van der Waals surface area contributed by atoms with Gasteiger partial charge in [-0.25, -0.2) is 18.6 Å². The van der Waals surface area contributed by atoms with Crippen molar-refractivity contribution in [1.29, 1.82) is 0 Å². The molecule has 1 saturated heterocycles. The Labute approximate surface area is 177 Å². The first-order chi connectivity index (χ1) is 15.0. The van der Waals surface area contributed by atoms with E-state index in [4.69, 9.17) is 0 Å². The first-order valence-corrected chi connectivity index (χ1v) is 9.65. The van der Waals surface area contributed by atoms with Gasteiger partial charge in [0.15, 0.2) is 11.6 Å². The number of hydrogen-bond donors (Lipinski definition) is 1. The Morgan fingerprint density at radius 3 is 2.68 bits per heavy atom. The van der Waals surface area contributed by atoms with Gasteiger partial charge in [0.2, 0.25) is 0 Å². The Balaban J connectivity index is 1.41. The molecule has 3 aromatic rings. The third kappa shape index (κ3) is 4.66. The molecule has 1 aliphatic heterocycles. The number of carbonyl (C=O) groups excluding carboxylic acids is 2. The molecule has 0 saturated carbocycles.